The maximum absolute atomic E-state index is 6.05. The van der Waals surface area contributed by atoms with Crippen molar-refractivity contribution < 1.29 is 0 Å². The van der Waals surface area contributed by atoms with Crippen molar-refractivity contribution in [1.29, 1.82) is 0 Å². The molecule has 3 atom stereocenters. The van der Waals surface area contributed by atoms with E-state index in [1.807, 2.05) is 7.05 Å². The molecule has 2 rings (SSSR count). The van der Waals surface area contributed by atoms with E-state index in [9.17, 15) is 0 Å². The van der Waals surface area contributed by atoms with E-state index in [0.717, 1.165) is 18.2 Å². The fraction of sp³-hybridized carbons (Fsp3) is 0.778. The molecule has 0 saturated heterocycles. The molecule has 1 fully saturated rings. The summed E-state index contributed by atoms with van der Waals surface area (Å²) in [5, 5.41) is 4.02. The van der Waals surface area contributed by atoms with Crippen LogP contribution in [0.25, 0.3) is 0 Å². The smallest absolute Gasteiger partial charge is 0.138 e. The molecule has 1 saturated carbocycles. The van der Waals surface area contributed by atoms with Crippen molar-refractivity contribution in [3.63, 3.8) is 0 Å². The van der Waals surface area contributed by atoms with Gasteiger partial charge in [-0.3, -0.25) is 4.68 Å². The third kappa shape index (κ3) is 1.72. The lowest BCUT2D eigenvalue weighted by Gasteiger charge is -2.09. The maximum Gasteiger partial charge on any atom is 0.138 e. The van der Waals surface area contributed by atoms with Gasteiger partial charge in [0.2, 0.25) is 0 Å². The number of nitrogens with two attached hydrogens (primary N) is 1. The van der Waals surface area contributed by atoms with Crippen LogP contribution in [-0.4, -0.2) is 20.8 Å². The molecule has 0 spiro atoms. The Hall–Kier alpha value is -0.900. The fourth-order valence-corrected chi connectivity index (χ4v) is 1.81. The van der Waals surface area contributed by atoms with E-state index < -0.39 is 0 Å². The first-order valence-corrected chi connectivity index (χ1v) is 4.77. The predicted octanol–water partition coefficient (Wildman–Crippen LogP) is 0.341. The molecule has 13 heavy (non-hydrogen) atoms. The average molecular weight is 180 g/mol. The van der Waals surface area contributed by atoms with Crippen molar-refractivity contribution in [1.82, 2.24) is 14.8 Å². The van der Waals surface area contributed by atoms with Crippen LogP contribution in [0.2, 0.25) is 0 Å². The zero-order valence-corrected chi connectivity index (χ0v) is 8.14. The molecule has 2 N–H and O–H groups in total. The highest BCUT2D eigenvalue weighted by atomic mass is 15.3. The largest absolute Gasteiger partial charge is 0.327 e. The summed E-state index contributed by atoms with van der Waals surface area (Å²) in [4.78, 5) is 4.16. The van der Waals surface area contributed by atoms with Gasteiger partial charge in [-0.2, -0.15) is 5.10 Å². The molecule has 1 aliphatic rings. The SMILES string of the molecule is CC1CC1C(N)Cc1ncnn1C. The predicted molar refractivity (Wildman–Crippen MR) is 50.0 cm³/mol. The van der Waals surface area contributed by atoms with Crippen LogP contribution >= 0.6 is 0 Å². The highest BCUT2D eigenvalue weighted by Crippen LogP contribution is 2.40. The van der Waals surface area contributed by atoms with Gasteiger partial charge >= 0.3 is 0 Å². The summed E-state index contributed by atoms with van der Waals surface area (Å²) in [6.45, 7) is 2.25. The van der Waals surface area contributed by atoms with Crippen molar-refractivity contribution in [3.8, 4) is 0 Å². The Balaban J connectivity index is 1.94. The highest BCUT2D eigenvalue weighted by Gasteiger charge is 2.37. The van der Waals surface area contributed by atoms with Crippen molar-refractivity contribution in [2.75, 3.05) is 0 Å². The first-order valence-electron chi connectivity index (χ1n) is 4.77. The Labute approximate surface area is 78.1 Å². The van der Waals surface area contributed by atoms with E-state index in [0.29, 0.717) is 5.92 Å². The molecule has 1 aromatic rings. The van der Waals surface area contributed by atoms with Gasteiger partial charge in [0.1, 0.15) is 12.2 Å². The Bertz CT molecular complexity index is 294. The third-order valence-corrected chi connectivity index (χ3v) is 2.95. The normalized spacial score (nSPS) is 28.8. The quantitative estimate of drug-likeness (QED) is 0.729. The first-order chi connectivity index (χ1) is 6.18. The lowest BCUT2D eigenvalue weighted by atomic mass is 10.1. The van der Waals surface area contributed by atoms with E-state index in [4.69, 9.17) is 5.73 Å². The molecule has 1 aliphatic carbocycles. The summed E-state index contributed by atoms with van der Waals surface area (Å²) in [7, 11) is 1.91. The van der Waals surface area contributed by atoms with E-state index in [-0.39, 0.29) is 6.04 Å². The van der Waals surface area contributed by atoms with Crippen LogP contribution in [0.15, 0.2) is 6.33 Å². The average Bonchev–Trinajstić information content (AvgIpc) is 2.68. The molecule has 1 heterocycles. The van der Waals surface area contributed by atoms with Crippen molar-refractivity contribution >= 4 is 0 Å². The van der Waals surface area contributed by atoms with Gasteiger partial charge in [0.05, 0.1) is 0 Å². The highest BCUT2D eigenvalue weighted by molar-refractivity contribution is 4.97. The van der Waals surface area contributed by atoms with Gasteiger partial charge in [0, 0.05) is 19.5 Å². The van der Waals surface area contributed by atoms with Crippen LogP contribution in [0.5, 0.6) is 0 Å². The Morgan fingerprint density at radius 3 is 2.92 bits per heavy atom. The second-order valence-electron chi connectivity index (χ2n) is 4.04. The van der Waals surface area contributed by atoms with Crippen LogP contribution in [-0.2, 0) is 13.5 Å². The second-order valence-corrected chi connectivity index (χ2v) is 4.04. The number of rotatable bonds is 3. The minimum absolute atomic E-state index is 0.262. The van der Waals surface area contributed by atoms with Crippen LogP contribution in [0.1, 0.15) is 19.2 Å². The molecule has 1 aromatic heterocycles. The van der Waals surface area contributed by atoms with Crippen LogP contribution in [0.4, 0.5) is 0 Å². The molecule has 4 heteroatoms. The van der Waals surface area contributed by atoms with Gasteiger partial charge in [-0.1, -0.05) is 6.92 Å². The minimum atomic E-state index is 0.262. The Morgan fingerprint density at radius 1 is 1.77 bits per heavy atom. The zero-order chi connectivity index (χ0) is 9.42. The first kappa shape index (κ1) is 8.69. The van der Waals surface area contributed by atoms with Gasteiger partial charge < -0.3 is 5.73 Å². The van der Waals surface area contributed by atoms with Crippen molar-refractivity contribution in [2.45, 2.75) is 25.8 Å². The van der Waals surface area contributed by atoms with Crippen LogP contribution in [0, 0.1) is 11.8 Å². The Morgan fingerprint density at radius 2 is 2.46 bits per heavy atom. The molecular weight excluding hydrogens is 164 g/mol. The summed E-state index contributed by atoms with van der Waals surface area (Å²) in [6, 6.07) is 0.262. The van der Waals surface area contributed by atoms with E-state index >= 15 is 0 Å². The van der Waals surface area contributed by atoms with Gasteiger partial charge in [-0.05, 0) is 18.3 Å². The molecule has 0 amide bonds. The molecule has 3 unspecified atom stereocenters. The number of hydrogen-bond acceptors (Lipinski definition) is 3. The van der Waals surface area contributed by atoms with Crippen LogP contribution < -0.4 is 5.73 Å². The van der Waals surface area contributed by atoms with E-state index in [2.05, 4.69) is 17.0 Å². The molecule has 0 aromatic carbocycles. The molecule has 4 nitrogen and oxygen atoms in total. The van der Waals surface area contributed by atoms with E-state index in [1.54, 1.807) is 11.0 Å². The standard InChI is InChI=1S/C9H16N4/c1-6-3-7(6)8(10)4-9-11-5-12-13(9)2/h5-8H,3-4,10H2,1-2H3. The molecule has 72 valence electrons. The van der Waals surface area contributed by atoms with Gasteiger partial charge in [0.15, 0.2) is 0 Å². The van der Waals surface area contributed by atoms with Crippen LogP contribution in [0.3, 0.4) is 0 Å². The van der Waals surface area contributed by atoms with E-state index in [1.165, 1.54) is 6.42 Å². The lowest BCUT2D eigenvalue weighted by Crippen LogP contribution is -2.27. The summed E-state index contributed by atoms with van der Waals surface area (Å²) in [5.74, 6) is 2.51. The monoisotopic (exact) mass is 180 g/mol. The summed E-state index contributed by atoms with van der Waals surface area (Å²) < 4.78 is 1.80. The third-order valence-electron chi connectivity index (χ3n) is 2.95. The van der Waals surface area contributed by atoms with Crippen molar-refractivity contribution in [3.05, 3.63) is 12.2 Å². The second kappa shape index (κ2) is 3.10. The topological polar surface area (TPSA) is 56.7 Å². The molecular formula is C9H16N4. The number of aryl methyl sites for hydroxylation is 1. The summed E-state index contributed by atoms with van der Waals surface area (Å²) >= 11 is 0. The van der Waals surface area contributed by atoms with Gasteiger partial charge in [0.25, 0.3) is 0 Å². The number of hydrogen-bond donors (Lipinski definition) is 1. The Kier molecular flexibility index (Phi) is 2.07. The maximum atomic E-state index is 6.05. The fourth-order valence-electron chi connectivity index (χ4n) is 1.81. The zero-order valence-electron chi connectivity index (χ0n) is 8.14. The minimum Gasteiger partial charge on any atom is -0.327 e. The number of nitrogens with zero attached hydrogens (tertiary/aromatic N) is 3. The van der Waals surface area contributed by atoms with Crippen molar-refractivity contribution in [2.24, 2.45) is 24.6 Å². The molecule has 0 radical (unpaired) electrons. The summed E-state index contributed by atoms with van der Waals surface area (Å²) in [6.07, 6.45) is 3.71. The van der Waals surface area contributed by atoms with Gasteiger partial charge in [-0.25, -0.2) is 4.98 Å². The van der Waals surface area contributed by atoms with Gasteiger partial charge in [-0.15, -0.1) is 0 Å². The molecule has 0 aliphatic heterocycles. The summed E-state index contributed by atoms with van der Waals surface area (Å²) in [5.41, 5.74) is 6.05. The molecule has 0 bridgehead atoms. The number of aromatic nitrogens is 3. The lowest BCUT2D eigenvalue weighted by molar-refractivity contribution is 0.531.